The molecule has 160 valence electrons. The number of nitrogen functional groups attached to an aromatic ring is 1. The Labute approximate surface area is 182 Å². The molecular weight excluding hydrogens is 412 g/mol. The van der Waals surface area contributed by atoms with E-state index in [1.54, 1.807) is 39.7 Å². The number of nitrogens with one attached hydrogen (secondary N) is 1. The summed E-state index contributed by atoms with van der Waals surface area (Å²) in [7, 11) is 3.46. The van der Waals surface area contributed by atoms with E-state index in [2.05, 4.69) is 5.32 Å². The van der Waals surface area contributed by atoms with Gasteiger partial charge in [0, 0.05) is 43.0 Å². The van der Waals surface area contributed by atoms with Gasteiger partial charge < -0.3 is 20.4 Å². The number of anilines is 2. The predicted octanol–water partition coefficient (Wildman–Crippen LogP) is 3.52. The summed E-state index contributed by atoms with van der Waals surface area (Å²) < 4.78 is 21.9. The molecule has 2 aromatic heterocycles. The van der Waals surface area contributed by atoms with Crippen molar-refractivity contribution >= 4 is 33.3 Å². The molecule has 0 aliphatic carbocycles. The number of rotatable bonds is 5. The molecule has 0 fully saturated rings. The minimum Gasteiger partial charge on any atom is -0.494 e. The van der Waals surface area contributed by atoms with Crippen molar-refractivity contribution in [1.82, 2.24) is 8.54 Å². The minimum atomic E-state index is -1.56. The van der Waals surface area contributed by atoms with Crippen LogP contribution in [0.3, 0.4) is 0 Å². The van der Waals surface area contributed by atoms with E-state index >= 15 is 0 Å². The molecule has 2 aromatic carbocycles. The van der Waals surface area contributed by atoms with Crippen LogP contribution >= 0.6 is 0 Å². The maximum absolute atomic E-state index is 13.3. The van der Waals surface area contributed by atoms with Crippen LogP contribution in [0.15, 0.2) is 64.5 Å². The summed E-state index contributed by atoms with van der Waals surface area (Å²) in [4.78, 5) is 13.7. The summed E-state index contributed by atoms with van der Waals surface area (Å²) in [5.41, 5.74) is 10.2. The van der Waals surface area contributed by atoms with E-state index in [0.29, 0.717) is 27.2 Å². The Morgan fingerprint density at radius 3 is 2.42 bits per heavy atom. The fourth-order valence-corrected chi connectivity index (χ4v) is 4.81. The smallest absolute Gasteiger partial charge is 0.275 e. The number of aryl methyl sites for hydroxylation is 2. The zero-order chi connectivity index (χ0) is 22.3. The average Bonchev–Trinajstić information content (AvgIpc) is 3.21. The molecule has 0 aliphatic heterocycles. The van der Waals surface area contributed by atoms with Crippen molar-refractivity contribution in [1.29, 1.82) is 0 Å². The molecule has 0 spiro atoms. The van der Waals surface area contributed by atoms with Crippen molar-refractivity contribution in [2.75, 3.05) is 25.2 Å². The lowest BCUT2D eigenvalue weighted by atomic mass is 10.0. The van der Waals surface area contributed by atoms with Crippen LogP contribution < -0.4 is 21.3 Å². The number of pyridine rings is 1. The van der Waals surface area contributed by atoms with Gasteiger partial charge in [-0.15, -0.1) is 0 Å². The Morgan fingerprint density at radius 2 is 1.77 bits per heavy atom. The topological polar surface area (TPSA) is 91.3 Å². The largest absolute Gasteiger partial charge is 0.494 e. The first-order chi connectivity index (χ1) is 14.9. The van der Waals surface area contributed by atoms with Crippen molar-refractivity contribution in [2.45, 2.75) is 11.8 Å². The second-order valence-electron chi connectivity index (χ2n) is 7.28. The molecule has 8 heteroatoms. The van der Waals surface area contributed by atoms with Gasteiger partial charge in [0.25, 0.3) is 5.56 Å². The predicted molar refractivity (Wildman–Crippen MR) is 126 cm³/mol. The van der Waals surface area contributed by atoms with Gasteiger partial charge in [0.15, 0.2) is 16.7 Å². The van der Waals surface area contributed by atoms with E-state index in [1.165, 1.54) is 8.54 Å². The number of hydrogen-bond donors (Lipinski definition) is 2. The number of benzene rings is 2. The van der Waals surface area contributed by atoms with Gasteiger partial charge in [0.1, 0.15) is 5.52 Å². The highest BCUT2D eigenvalue weighted by Crippen LogP contribution is 2.41. The van der Waals surface area contributed by atoms with E-state index in [-0.39, 0.29) is 5.56 Å². The molecule has 1 unspecified atom stereocenters. The van der Waals surface area contributed by atoms with E-state index in [9.17, 15) is 9.00 Å². The molecule has 0 radical (unpaired) electrons. The standard InChI is InChI=1S/C23H24N4O3S/c1-14-5-7-15(8-6-14)31(29)27-12-11-16-18(13-26(3)23(28)21(16)27)17-9-10-19(25-2)20(24)22(17)30-4/h5-13,25H,24H2,1-4H3. The molecule has 3 N–H and O–H groups in total. The zero-order valence-electron chi connectivity index (χ0n) is 17.8. The second kappa shape index (κ2) is 7.96. The van der Waals surface area contributed by atoms with Crippen LogP contribution in [0.25, 0.3) is 22.0 Å². The van der Waals surface area contributed by atoms with E-state index in [1.807, 2.05) is 43.3 Å². The number of fused-ring (bicyclic) bond motifs is 1. The molecule has 1 atom stereocenters. The molecule has 0 aliphatic rings. The van der Waals surface area contributed by atoms with Crippen molar-refractivity contribution in [2.24, 2.45) is 7.05 Å². The Morgan fingerprint density at radius 1 is 1.06 bits per heavy atom. The summed E-state index contributed by atoms with van der Waals surface area (Å²) >= 11 is 0. The number of ether oxygens (including phenoxy) is 1. The van der Waals surface area contributed by atoms with Crippen LogP contribution in [0.4, 0.5) is 11.4 Å². The van der Waals surface area contributed by atoms with Crippen LogP contribution in [-0.2, 0) is 18.0 Å². The van der Waals surface area contributed by atoms with E-state index in [4.69, 9.17) is 10.5 Å². The van der Waals surface area contributed by atoms with Crippen LogP contribution in [0.2, 0.25) is 0 Å². The lowest BCUT2D eigenvalue weighted by Gasteiger charge is -2.16. The first-order valence-electron chi connectivity index (χ1n) is 9.71. The number of methoxy groups -OCH3 is 1. The maximum Gasteiger partial charge on any atom is 0.275 e. The second-order valence-corrected chi connectivity index (χ2v) is 8.65. The summed E-state index contributed by atoms with van der Waals surface area (Å²) in [5.74, 6) is 0.513. The molecular formula is C23H24N4O3S. The van der Waals surface area contributed by atoms with Gasteiger partial charge >= 0.3 is 0 Å². The van der Waals surface area contributed by atoms with Crippen molar-refractivity contribution in [3.8, 4) is 16.9 Å². The Bertz CT molecular complexity index is 1370. The minimum absolute atomic E-state index is 0.233. The average molecular weight is 437 g/mol. The van der Waals surface area contributed by atoms with E-state index in [0.717, 1.165) is 22.4 Å². The van der Waals surface area contributed by atoms with E-state index < -0.39 is 11.0 Å². The van der Waals surface area contributed by atoms with Crippen molar-refractivity contribution in [3.05, 3.63) is 70.8 Å². The normalized spacial score (nSPS) is 12.1. The van der Waals surface area contributed by atoms with Gasteiger partial charge in [0.2, 0.25) is 0 Å². The summed E-state index contributed by atoms with van der Waals surface area (Å²) in [6.07, 6.45) is 3.43. The highest BCUT2D eigenvalue weighted by molar-refractivity contribution is 7.83. The third-order valence-corrected chi connectivity index (χ3v) is 6.69. The van der Waals surface area contributed by atoms with Crippen LogP contribution in [-0.4, -0.2) is 26.9 Å². The molecule has 0 bridgehead atoms. The SMILES string of the molecule is CNc1ccc(-c2cn(C)c(=O)c3c2ccn3S(=O)c2ccc(C)cc2)c(OC)c1N. The van der Waals surface area contributed by atoms with Crippen LogP contribution in [0.1, 0.15) is 5.56 Å². The van der Waals surface area contributed by atoms with Crippen molar-refractivity contribution < 1.29 is 8.95 Å². The Balaban J connectivity index is 1.98. The van der Waals surface area contributed by atoms with Crippen LogP contribution in [0.5, 0.6) is 5.75 Å². The molecule has 0 saturated carbocycles. The molecule has 2 heterocycles. The lowest BCUT2D eigenvalue weighted by Crippen LogP contribution is -2.20. The lowest BCUT2D eigenvalue weighted by molar-refractivity contribution is 0.419. The van der Waals surface area contributed by atoms with Crippen LogP contribution in [0, 0.1) is 6.92 Å². The molecule has 7 nitrogen and oxygen atoms in total. The molecule has 0 amide bonds. The molecule has 4 rings (SSSR count). The Kier molecular flexibility index (Phi) is 5.32. The monoisotopic (exact) mass is 436 g/mol. The number of nitrogens with two attached hydrogens (primary N) is 1. The fourth-order valence-electron chi connectivity index (χ4n) is 3.70. The third-order valence-electron chi connectivity index (χ3n) is 5.35. The molecule has 4 aromatic rings. The van der Waals surface area contributed by atoms with Gasteiger partial charge in [0.05, 0.1) is 23.4 Å². The first kappa shape index (κ1) is 20.7. The van der Waals surface area contributed by atoms with Crippen molar-refractivity contribution in [3.63, 3.8) is 0 Å². The number of aromatic nitrogens is 2. The van der Waals surface area contributed by atoms with Gasteiger partial charge in [-0.2, -0.15) is 0 Å². The fraction of sp³-hybridized carbons (Fsp3) is 0.174. The quantitative estimate of drug-likeness (QED) is 0.467. The third kappa shape index (κ3) is 3.38. The molecule has 0 saturated heterocycles. The van der Waals surface area contributed by atoms with Gasteiger partial charge in [-0.05, 0) is 37.3 Å². The highest BCUT2D eigenvalue weighted by atomic mass is 32.2. The first-order valence-corrected chi connectivity index (χ1v) is 10.8. The summed E-state index contributed by atoms with van der Waals surface area (Å²) in [6, 6.07) is 13.0. The Hall–Kier alpha value is -3.52. The summed E-state index contributed by atoms with van der Waals surface area (Å²) in [5, 5.41) is 3.72. The number of hydrogen-bond acceptors (Lipinski definition) is 5. The zero-order valence-corrected chi connectivity index (χ0v) is 18.6. The maximum atomic E-state index is 13.3. The van der Waals surface area contributed by atoms with Gasteiger partial charge in [-0.25, -0.2) is 4.21 Å². The number of nitrogens with zero attached hydrogens (tertiary/aromatic N) is 2. The van der Waals surface area contributed by atoms with Gasteiger partial charge in [-0.3, -0.25) is 8.77 Å². The van der Waals surface area contributed by atoms with Gasteiger partial charge in [-0.1, -0.05) is 17.7 Å². The molecule has 31 heavy (non-hydrogen) atoms. The highest BCUT2D eigenvalue weighted by Gasteiger charge is 2.20. The summed E-state index contributed by atoms with van der Waals surface area (Å²) in [6.45, 7) is 1.97.